The summed E-state index contributed by atoms with van der Waals surface area (Å²) in [6.45, 7) is 4.91. The Hall–Kier alpha value is -1.97. The zero-order valence-corrected chi connectivity index (χ0v) is 48.6. The summed E-state index contributed by atoms with van der Waals surface area (Å²) in [5.41, 5.74) is 0. The fourth-order valence-corrected chi connectivity index (χ4v) is 9.42. The smallest absolute Gasteiger partial charge is 0.361 e. The van der Waals surface area contributed by atoms with Gasteiger partial charge in [0.15, 0.2) is 6.10 Å². The summed E-state index contributed by atoms with van der Waals surface area (Å²) >= 11 is 0. The van der Waals surface area contributed by atoms with Crippen LogP contribution in [-0.2, 0) is 33.3 Å². The van der Waals surface area contributed by atoms with Gasteiger partial charge in [-0.2, -0.15) is 0 Å². The molecule has 0 bridgehead atoms. The zero-order valence-electron chi connectivity index (χ0n) is 48.6. The highest BCUT2D eigenvalue weighted by atomic mass is 16.7. The van der Waals surface area contributed by atoms with Crippen molar-refractivity contribution in [2.75, 3.05) is 47.5 Å². The molecular formula is C63H122NO8+. The molecule has 0 aliphatic heterocycles. The van der Waals surface area contributed by atoms with Crippen molar-refractivity contribution in [3.8, 4) is 0 Å². The van der Waals surface area contributed by atoms with Crippen LogP contribution in [-0.4, -0.2) is 87.4 Å². The van der Waals surface area contributed by atoms with Gasteiger partial charge < -0.3 is 28.5 Å². The topological polar surface area (TPSA) is 108 Å². The molecule has 72 heavy (non-hydrogen) atoms. The lowest BCUT2D eigenvalue weighted by atomic mass is 10.0. The molecule has 0 aliphatic carbocycles. The van der Waals surface area contributed by atoms with E-state index in [1.807, 2.05) is 21.1 Å². The van der Waals surface area contributed by atoms with Crippen molar-refractivity contribution in [2.24, 2.45) is 0 Å². The average molecular weight is 1020 g/mol. The third-order valence-electron chi connectivity index (χ3n) is 14.3. The van der Waals surface area contributed by atoms with Crippen molar-refractivity contribution in [3.63, 3.8) is 0 Å². The Morgan fingerprint density at radius 1 is 0.403 bits per heavy atom. The minimum absolute atomic E-state index is 0.179. The first-order valence-corrected chi connectivity index (χ1v) is 31.4. The van der Waals surface area contributed by atoms with E-state index in [2.05, 4.69) is 26.0 Å². The molecule has 0 radical (unpaired) electrons. The van der Waals surface area contributed by atoms with Gasteiger partial charge in [-0.1, -0.05) is 276 Å². The van der Waals surface area contributed by atoms with Crippen LogP contribution in [0.5, 0.6) is 0 Å². The fraction of sp³-hybridized carbons (Fsp3) is 0.921. The number of allylic oxidation sites excluding steroid dienone is 2. The number of carbonyl (C=O) groups excluding carboxylic acids is 2. The summed E-state index contributed by atoms with van der Waals surface area (Å²) in [4.78, 5) is 37.4. The van der Waals surface area contributed by atoms with Crippen LogP contribution < -0.4 is 0 Å². The van der Waals surface area contributed by atoms with Crippen LogP contribution >= 0.6 is 0 Å². The number of likely N-dealkylation sites (N-methyl/N-ethyl adjacent to an activating group) is 1. The average Bonchev–Trinajstić information content (AvgIpc) is 3.35. The normalized spacial score (nSPS) is 12.7. The molecule has 0 amide bonds. The van der Waals surface area contributed by atoms with E-state index < -0.39 is 24.3 Å². The lowest BCUT2D eigenvalue weighted by Gasteiger charge is -2.25. The van der Waals surface area contributed by atoms with Gasteiger partial charge >= 0.3 is 17.9 Å². The second-order valence-corrected chi connectivity index (χ2v) is 22.7. The van der Waals surface area contributed by atoms with E-state index in [-0.39, 0.29) is 32.2 Å². The van der Waals surface area contributed by atoms with Crippen molar-refractivity contribution in [1.82, 2.24) is 0 Å². The fourth-order valence-electron chi connectivity index (χ4n) is 9.42. The molecular weight excluding hydrogens is 899 g/mol. The molecule has 2 atom stereocenters. The predicted molar refractivity (Wildman–Crippen MR) is 305 cm³/mol. The maximum absolute atomic E-state index is 12.8. The van der Waals surface area contributed by atoms with Gasteiger partial charge in [0.2, 0.25) is 0 Å². The number of rotatable bonds is 59. The third-order valence-corrected chi connectivity index (χ3v) is 14.3. The first kappa shape index (κ1) is 70.0. The second-order valence-electron chi connectivity index (χ2n) is 22.7. The molecule has 0 aromatic carbocycles. The summed E-state index contributed by atoms with van der Waals surface area (Å²) in [6.07, 6.45) is 61.8. The molecule has 2 unspecified atom stereocenters. The van der Waals surface area contributed by atoms with Crippen LogP contribution in [0.2, 0.25) is 0 Å². The lowest BCUT2D eigenvalue weighted by molar-refractivity contribution is -0.870. The maximum atomic E-state index is 12.8. The molecule has 426 valence electrons. The number of hydrogen-bond acceptors (Lipinski definition) is 7. The summed E-state index contributed by atoms with van der Waals surface area (Å²) < 4.78 is 22.9. The Kier molecular flexibility index (Phi) is 53.8. The predicted octanol–water partition coefficient (Wildman–Crippen LogP) is 18.5. The quantitative estimate of drug-likeness (QED) is 0.0211. The van der Waals surface area contributed by atoms with E-state index in [1.54, 1.807) is 0 Å². The number of carboxylic acids is 1. The molecule has 9 heteroatoms. The Bertz CT molecular complexity index is 1190. The van der Waals surface area contributed by atoms with Crippen molar-refractivity contribution in [2.45, 2.75) is 328 Å². The minimum atomic E-state index is -1.51. The van der Waals surface area contributed by atoms with Crippen LogP contribution in [0.3, 0.4) is 0 Å². The van der Waals surface area contributed by atoms with Crippen molar-refractivity contribution in [3.05, 3.63) is 12.2 Å². The second kappa shape index (κ2) is 55.3. The third kappa shape index (κ3) is 55.8. The van der Waals surface area contributed by atoms with E-state index in [0.29, 0.717) is 23.9 Å². The number of unbranched alkanes of at least 4 members (excludes halogenated alkanes) is 42. The van der Waals surface area contributed by atoms with Gasteiger partial charge in [0.25, 0.3) is 6.29 Å². The monoisotopic (exact) mass is 1020 g/mol. The molecule has 0 heterocycles. The van der Waals surface area contributed by atoms with Crippen molar-refractivity contribution < 1.29 is 42.9 Å². The summed E-state index contributed by atoms with van der Waals surface area (Å²) in [7, 11) is 5.97. The van der Waals surface area contributed by atoms with E-state index in [0.717, 1.165) is 51.4 Å². The molecule has 0 saturated heterocycles. The minimum Gasteiger partial charge on any atom is -0.477 e. The van der Waals surface area contributed by atoms with E-state index >= 15 is 0 Å². The van der Waals surface area contributed by atoms with Crippen LogP contribution in [0.25, 0.3) is 0 Å². The van der Waals surface area contributed by atoms with Gasteiger partial charge in [-0.05, 0) is 38.5 Å². The number of nitrogens with zero attached hydrogens (tertiary/aromatic N) is 1. The number of hydrogen-bond donors (Lipinski definition) is 1. The molecule has 0 aliphatic rings. The van der Waals surface area contributed by atoms with Crippen LogP contribution in [0.4, 0.5) is 0 Å². The molecule has 0 aromatic heterocycles. The zero-order chi connectivity index (χ0) is 52.7. The van der Waals surface area contributed by atoms with Gasteiger partial charge in [-0.3, -0.25) is 9.59 Å². The molecule has 0 aromatic rings. The molecule has 0 saturated carbocycles. The van der Waals surface area contributed by atoms with Gasteiger partial charge in [0.1, 0.15) is 13.2 Å². The van der Waals surface area contributed by atoms with Gasteiger partial charge in [-0.25, -0.2) is 4.79 Å². The van der Waals surface area contributed by atoms with Crippen LogP contribution in [0, 0.1) is 0 Å². The number of esters is 2. The van der Waals surface area contributed by atoms with Crippen LogP contribution in [0.15, 0.2) is 12.2 Å². The first-order chi connectivity index (χ1) is 35.1. The Morgan fingerprint density at radius 2 is 0.708 bits per heavy atom. The SMILES string of the molecule is CCCCCCC/C=C\CCCCCCCC(=O)OC(COC(=O)CCCCCCCCCCCCCCCCCCCCCCCCCCCCCCCCCCC)COC(OCC[N+](C)(C)C)C(=O)O. The van der Waals surface area contributed by atoms with Crippen LogP contribution in [0.1, 0.15) is 316 Å². The van der Waals surface area contributed by atoms with Crippen molar-refractivity contribution >= 4 is 17.9 Å². The van der Waals surface area contributed by atoms with E-state index in [1.165, 1.54) is 231 Å². The van der Waals surface area contributed by atoms with Gasteiger partial charge in [0, 0.05) is 12.8 Å². The van der Waals surface area contributed by atoms with Gasteiger partial charge in [0.05, 0.1) is 34.4 Å². The van der Waals surface area contributed by atoms with E-state index in [9.17, 15) is 19.5 Å². The van der Waals surface area contributed by atoms with Crippen molar-refractivity contribution in [1.29, 1.82) is 0 Å². The number of carbonyl (C=O) groups is 3. The number of quaternary nitrogens is 1. The van der Waals surface area contributed by atoms with E-state index in [4.69, 9.17) is 18.9 Å². The largest absolute Gasteiger partial charge is 0.477 e. The Labute approximate surface area is 446 Å². The number of carboxylic acid groups (broad SMARTS) is 1. The number of aliphatic carboxylic acids is 1. The highest BCUT2D eigenvalue weighted by Crippen LogP contribution is 2.18. The summed E-state index contributed by atoms with van der Waals surface area (Å²) in [6, 6.07) is 0. The molecule has 9 nitrogen and oxygen atoms in total. The molecule has 1 N–H and O–H groups in total. The first-order valence-electron chi connectivity index (χ1n) is 31.4. The Morgan fingerprint density at radius 3 is 1.03 bits per heavy atom. The summed E-state index contributed by atoms with van der Waals surface area (Å²) in [5, 5.41) is 9.69. The number of ether oxygens (including phenoxy) is 4. The molecule has 0 spiro atoms. The Balaban J connectivity index is 3.98. The highest BCUT2D eigenvalue weighted by molar-refractivity contribution is 5.71. The summed E-state index contributed by atoms with van der Waals surface area (Å²) in [5.74, 6) is -1.99. The maximum Gasteiger partial charge on any atom is 0.361 e. The highest BCUT2D eigenvalue weighted by Gasteiger charge is 2.25. The van der Waals surface area contributed by atoms with Gasteiger partial charge in [-0.15, -0.1) is 0 Å². The standard InChI is InChI=1S/C63H121NO8/c1-6-8-10-12-14-16-18-20-22-23-24-25-26-27-28-29-30-31-32-33-34-35-36-37-38-39-40-42-43-45-47-49-51-53-60(65)70-57-59(58-71-63(62(67)68)69-56-55-64(3,4)5)72-61(66)54-52-50-48-46-44-41-21-19-17-15-13-11-9-7-2/h19,21,59,63H,6-18,20,22-58H2,1-5H3/p+1/b21-19-. The molecule has 0 rings (SSSR count). The lowest BCUT2D eigenvalue weighted by Crippen LogP contribution is -2.40. The molecule has 0 fully saturated rings.